The van der Waals surface area contributed by atoms with E-state index >= 15 is 0 Å². The number of hydrogen-bond acceptors (Lipinski definition) is 3. The number of aromatic nitrogens is 2. The van der Waals surface area contributed by atoms with Crippen LogP contribution in [0.15, 0.2) is 24.5 Å². The molecule has 2 aromatic rings. The summed E-state index contributed by atoms with van der Waals surface area (Å²) in [6.45, 7) is 4.08. The van der Waals surface area contributed by atoms with Crippen molar-refractivity contribution < 1.29 is 4.74 Å². The van der Waals surface area contributed by atoms with Gasteiger partial charge in [-0.1, -0.05) is 17.7 Å². The molecule has 0 N–H and O–H groups in total. The Labute approximate surface area is 105 Å². The van der Waals surface area contributed by atoms with E-state index in [2.05, 4.69) is 16.9 Å². The standard InChI is InChI=1S/C13H13ClN2O/c1-8-4-5-10(13(17-3)9(8)2)11-6-12(14)16-7-15-11/h4-7H,1-3H3. The molecule has 0 aliphatic carbocycles. The lowest BCUT2D eigenvalue weighted by Crippen LogP contribution is -1.95. The smallest absolute Gasteiger partial charge is 0.133 e. The zero-order valence-electron chi connectivity index (χ0n) is 9.99. The minimum absolute atomic E-state index is 0.426. The summed E-state index contributed by atoms with van der Waals surface area (Å²) in [5, 5.41) is 0.426. The van der Waals surface area contributed by atoms with Crippen molar-refractivity contribution in [2.45, 2.75) is 13.8 Å². The largest absolute Gasteiger partial charge is 0.496 e. The molecule has 1 aromatic heterocycles. The van der Waals surface area contributed by atoms with Crippen molar-refractivity contribution in [2.75, 3.05) is 7.11 Å². The van der Waals surface area contributed by atoms with Gasteiger partial charge in [0.25, 0.3) is 0 Å². The van der Waals surface area contributed by atoms with Crippen LogP contribution in [-0.4, -0.2) is 17.1 Å². The highest BCUT2D eigenvalue weighted by atomic mass is 35.5. The number of hydrogen-bond donors (Lipinski definition) is 0. The Bertz CT molecular complexity index is 555. The molecule has 0 saturated carbocycles. The molecule has 0 bridgehead atoms. The summed E-state index contributed by atoms with van der Waals surface area (Å²) in [5.41, 5.74) is 4.00. The summed E-state index contributed by atoms with van der Waals surface area (Å²) in [6, 6.07) is 5.76. The molecule has 3 nitrogen and oxygen atoms in total. The molecule has 0 saturated heterocycles. The molecule has 0 aliphatic heterocycles. The lowest BCUT2D eigenvalue weighted by Gasteiger charge is -2.12. The highest BCUT2D eigenvalue weighted by Crippen LogP contribution is 2.33. The Morgan fingerprint density at radius 1 is 1.18 bits per heavy atom. The first kappa shape index (κ1) is 11.9. The zero-order chi connectivity index (χ0) is 12.4. The van der Waals surface area contributed by atoms with Crippen LogP contribution < -0.4 is 4.74 Å². The predicted molar refractivity (Wildman–Crippen MR) is 68.5 cm³/mol. The molecule has 0 aliphatic rings. The van der Waals surface area contributed by atoms with Crippen LogP contribution in [0.25, 0.3) is 11.3 Å². The number of ether oxygens (including phenoxy) is 1. The number of rotatable bonds is 2. The second-order valence-electron chi connectivity index (χ2n) is 3.81. The second-order valence-corrected chi connectivity index (χ2v) is 4.20. The molecule has 0 unspecified atom stereocenters. The van der Waals surface area contributed by atoms with E-state index in [4.69, 9.17) is 16.3 Å². The van der Waals surface area contributed by atoms with Crippen LogP contribution in [0, 0.1) is 13.8 Å². The highest BCUT2D eigenvalue weighted by Gasteiger charge is 2.11. The predicted octanol–water partition coefficient (Wildman–Crippen LogP) is 3.42. The minimum atomic E-state index is 0.426. The van der Waals surface area contributed by atoms with E-state index in [-0.39, 0.29) is 0 Å². The molecule has 1 aromatic carbocycles. The summed E-state index contributed by atoms with van der Waals surface area (Å²) in [6.07, 6.45) is 1.45. The van der Waals surface area contributed by atoms with Crippen LogP contribution in [-0.2, 0) is 0 Å². The van der Waals surface area contributed by atoms with Gasteiger partial charge in [-0.2, -0.15) is 0 Å². The maximum Gasteiger partial charge on any atom is 0.133 e. The Morgan fingerprint density at radius 2 is 1.94 bits per heavy atom. The van der Waals surface area contributed by atoms with E-state index in [9.17, 15) is 0 Å². The van der Waals surface area contributed by atoms with Crippen molar-refractivity contribution in [2.24, 2.45) is 0 Å². The van der Waals surface area contributed by atoms with Crippen molar-refractivity contribution in [3.8, 4) is 17.0 Å². The first-order chi connectivity index (χ1) is 8.13. The molecule has 0 fully saturated rings. The fourth-order valence-corrected chi connectivity index (χ4v) is 1.88. The minimum Gasteiger partial charge on any atom is -0.496 e. The van der Waals surface area contributed by atoms with Gasteiger partial charge < -0.3 is 4.74 Å². The van der Waals surface area contributed by atoms with Crippen molar-refractivity contribution >= 4 is 11.6 Å². The fourth-order valence-electron chi connectivity index (χ4n) is 1.74. The Kier molecular flexibility index (Phi) is 3.29. The average Bonchev–Trinajstić information content (AvgIpc) is 2.32. The monoisotopic (exact) mass is 248 g/mol. The van der Waals surface area contributed by atoms with E-state index in [1.807, 2.05) is 19.1 Å². The molecule has 0 spiro atoms. The molecule has 1 heterocycles. The van der Waals surface area contributed by atoms with E-state index in [1.54, 1.807) is 13.2 Å². The second kappa shape index (κ2) is 4.72. The third kappa shape index (κ3) is 2.24. The van der Waals surface area contributed by atoms with Gasteiger partial charge in [-0.15, -0.1) is 0 Å². The van der Waals surface area contributed by atoms with Gasteiger partial charge >= 0.3 is 0 Å². The quantitative estimate of drug-likeness (QED) is 0.764. The summed E-state index contributed by atoms with van der Waals surface area (Å²) < 4.78 is 5.45. The highest BCUT2D eigenvalue weighted by molar-refractivity contribution is 6.29. The Hall–Kier alpha value is -1.61. The van der Waals surface area contributed by atoms with E-state index < -0.39 is 0 Å². The van der Waals surface area contributed by atoms with Gasteiger partial charge in [0.1, 0.15) is 17.2 Å². The molecule has 0 radical (unpaired) electrons. The van der Waals surface area contributed by atoms with Gasteiger partial charge in [0.15, 0.2) is 0 Å². The van der Waals surface area contributed by atoms with Crippen LogP contribution >= 0.6 is 11.6 Å². The van der Waals surface area contributed by atoms with Crippen LogP contribution in [0.1, 0.15) is 11.1 Å². The maximum atomic E-state index is 5.87. The lowest BCUT2D eigenvalue weighted by molar-refractivity contribution is 0.413. The Morgan fingerprint density at radius 3 is 2.59 bits per heavy atom. The number of benzene rings is 1. The number of halogens is 1. The molecule has 0 amide bonds. The number of nitrogens with zero attached hydrogens (tertiary/aromatic N) is 2. The van der Waals surface area contributed by atoms with Gasteiger partial charge in [0, 0.05) is 11.6 Å². The van der Waals surface area contributed by atoms with Crippen LogP contribution in [0.3, 0.4) is 0 Å². The number of aryl methyl sites for hydroxylation is 1. The lowest BCUT2D eigenvalue weighted by atomic mass is 10.0. The topological polar surface area (TPSA) is 35.0 Å². The molecular formula is C13H13ClN2O. The third-order valence-electron chi connectivity index (χ3n) is 2.79. The van der Waals surface area contributed by atoms with Gasteiger partial charge in [0.2, 0.25) is 0 Å². The van der Waals surface area contributed by atoms with E-state index in [1.165, 1.54) is 11.9 Å². The fraction of sp³-hybridized carbons (Fsp3) is 0.231. The van der Waals surface area contributed by atoms with Gasteiger partial charge in [-0.3, -0.25) is 0 Å². The first-order valence-electron chi connectivity index (χ1n) is 5.25. The van der Waals surface area contributed by atoms with Crippen molar-refractivity contribution in [1.29, 1.82) is 0 Å². The van der Waals surface area contributed by atoms with Gasteiger partial charge in [-0.05, 0) is 31.0 Å². The summed E-state index contributed by atoms with van der Waals surface area (Å²) >= 11 is 5.87. The van der Waals surface area contributed by atoms with Crippen molar-refractivity contribution in [3.63, 3.8) is 0 Å². The maximum absolute atomic E-state index is 5.87. The average molecular weight is 249 g/mol. The zero-order valence-corrected chi connectivity index (χ0v) is 10.7. The molecule has 4 heteroatoms. The molecule has 88 valence electrons. The molecular weight excluding hydrogens is 236 g/mol. The first-order valence-corrected chi connectivity index (χ1v) is 5.63. The summed E-state index contributed by atoms with van der Waals surface area (Å²) in [7, 11) is 1.66. The van der Waals surface area contributed by atoms with Crippen LogP contribution in [0.4, 0.5) is 0 Å². The van der Waals surface area contributed by atoms with Crippen LogP contribution in [0.2, 0.25) is 5.15 Å². The molecule has 17 heavy (non-hydrogen) atoms. The van der Waals surface area contributed by atoms with Crippen LogP contribution in [0.5, 0.6) is 5.75 Å². The van der Waals surface area contributed by atoms with Crippen molar-refractivity contribution in [3.05, 3.63) is 40.8 Å². The van der Waals surface area contributed by atoms with Gasteiger partial charge in [-0.25, -0.2) is 9.97 Å². The Balaban J connectivity index is 2.63. The third-order valence-corrected chi connectivity index (χ3v) is 3.00. The SMILES string of the molecule is COc1c(-c2cc(Cl)ncn2)ccc(C)c1C. The number of methoxy groups -OCH3 is 1. The molecule has 2 rings (SSSR count). The van der Waals surface area contributed by atoms with E-state index in [0.29, 0.717) is 5.15 Å². The van der Waals surface area contributed by atoms with Crippen molar-refractivity contribution in [1.82, 2.24) is 9.97 Å². The summed E-state index contributed by atoms with van der Waals surface area (Å²) in [5.74, 6) is 0.833. The molecule has 0 atom stereocenters. The van der Waals surface area contributed by atoms with Gasteiger partial charge in [0.05, 0.1) is 12.8 Å². The van der Waals surface area contributed by atoms with E-state index in [0.717, 1.165) is 22.6 Å². The summed E-state index contributed by atoms with van der Waals surface area (Å²) in [4.78, 5) is 8.09. The normalized spacial score (nSPS) is 10.4.